The van der Waals surface area contributed by atoms with Crippen molar-refractivity contribution in [2.45, 2.75) is 39.0 Å². The number of carbonyl (C=O) groups excluding carboxylic acids is 2. The van der Waals surface area contributed by atoms with E-state index in [0.29, 0.717) is 3.57 Å². The molecule has 0 atom stereocenters. The minimum absolute atomic E-state index is 0.150. The molecule has 190 valence electrons. The molecule has 1 aliphatic heterocycles. The first-order valence-corrected chi connectivity index (χ1v) is 12.0. The molecule has 2 amide bonds. The van der Waals surface area contributed by atoms with Gasteiger partial charge in [0.1, 0.15) is 11.4 Å². The Kier molecular flexibility index (Phi) is 7.87. The van der Waals surface area contributed by atoms with E-state index in [-0.39, 0.29) is 37.4 Å². The van der Waals surface area contributed by atoms with Gasteiger partial charge in [-0.2, -0.15) is 0 Å². The molecule has 0 saturated carbocycles. The van der Waals surface area contributed by atoms with Crippen molar-refractivity contribution < 1.29 is 31.9 Å². The Morgan fingerprint density at radius 3 is 2.37 bits per heavy atom. The van der Waals surface area contributed by atoms with Crippen LogP contribution in [0.1, 0.15) is 38.1 Å². The summed E-state index contributed by atoms with van der Waals surface area (Å²) in [6.07, 6.45) is -0.673. The average molecular weight is 607 g/mol. The maximum Gasteiger partial charge on any atom is 0.410 e. The van der Waals surface area contributed by atoms with Crippen LogP contribution in [0.25, 0.3) is 0 Å². The van der Waals surface area contributed by atoms with E-state index < -0.39 is 46.4 Å². The number of benzene rings is 2. The monoisotopic (exact) mass is 607 g/mol. The molecule has 2 aromatic rings. The standard InChI is InChI=1S/C24H26F4IN3O3/c1-5-31(22(34)35-23(2,3)4)11-24(28)12-32(13-24)21(33)15-7-8-16(25)19(27)20(15)30-18-9-6-14(29)10-17(18)26/h6-10,30H,5,11-13H2,1-4H3. The fourth-order valence-electron chi connectivity index (χ4n) is 3.60. The van der Waals surface area contributed by atoms with Crippen LogP contribution in [-0.4, -0.2) is 59.2 Å². The van der Waals surface area contributed by atoms with Gasteiger partial charge >= 0.3 is 6.09 Å². The lowest BCUT2D eigenvalue weighted by atomic mass is 9.94. The van der Waals surface area contributed by atoms with Crippen LogP contribution in [0.5, 0.6) is 0 Å². The molecular weight excluding hydrogens is 581 g/mol. The van der Waals surface area contributed by atoms with Crippen molar-refractivity contribution in [3.8, 4) is 0 Å². The zero-order valence-corrected chi connectivity index (χ0v) is 21.9. The molecule has 0 radical (unpaired) electrons. The van der Waals surface area contributed by atoms with Gasteiger partial charge in [0.15, 0.2) is 17.3 Å². The smallest absolute Gasteiger partial charge is 0.410 e. The molecule has 0 aliphatic carbocycles. The Hall–Kier alpha value is -2.57. The maximum atomic E-state index is 15.3. The summed E-state index contributed by atoms with van der Waals surface area (Å²) in [5.74, 6) is -4.06. The van der Waals surface area contributed by atoms with Gasteiger partial charge in [0.2, 0.25) is 0 Å². The Morgan fingerprint density at radius 1 is 1.14 bits per heavy atom. The van der Waals surface area contributed by atoms with E-state index in [1.165, 1.54) is 17.0 Å². The second-order valence-corrected chi connectivity index (χ2v) is 10.6. The number of amides is 2. The molecule has 6 nitrogen and oxygen atoms in total. The highest BCUT2D eigenvalue weighted by Gasteiger charge is 2.48. The van der Waals surface area contributed by atoms with Crippen LogP contribution in [-0.2, 0) is 4.74 Å². The molecule has 0 aromatic heterocycles. The maximum absolute atomic E-state index is 15.3. The van der Waals surface area contributed by atoms with Crippen LogP contribution >= 0.6 is 22.6 Å². The Labute approximate surface area is 214 Å². The third-order valence-corrected chi connectivity index (χ3v) is 5.93. The van der Waals surface area contributed by atoms with Gasteiger partial charge in [-0.25, -0.2) is 22.4 Å². The largest absolute Gasteiger partial charge is 0.444 e. The topological polar surface area (TPSA) is 61.9 Å². The number of alkyl halides is 1. The van der Waals surface area contributed by atoms with Crippen LogP contribution < -0.4 is 5.32 Å². The number of hydrogen-bond acceptors (Lipinski definition) is 4. The van der Waals surface area contributed by atoms with Crippen LogP contribution in [0.3, 0.4) is 0 Å². The zero-order valence-electron chi connectivity index (χ0n) is 19.7. The molecule has 1 heterocycles. The first kappa shape index (κ1) is 27.0. The normalized spacial score (nSPS) is 14.8. The molecule has 11 heteroatoms. The summed E-state index contributed by atoms with van der Waals surface area (Å²) in [4.78, 5) is 27.7. The lowest BCUT2D eigenvalue weighted by molar-refractivity contribution is -0.0445. The number of likely N-dealkylation sites (tertiary alicyclic amines) is 1. The summed E-state index contributed by atoms with van der Waals surface area (Å²) in [6, 6.07) is 5.93. The Bertz CT molecular complexity index is 1130. The predicted molar refractivity (Wildman–Crippen MR) is 132 cm³/mol. The van der Waals surface area contributed by atoms with Crippen molar-refractivity contribution >= 4 is 46.0 Å². The van der Waals surface area contributed by atoms with Gasteiger partial charge in [-0.1, -0.05) is 0 Å². The number of carbonyl (C=O) groups is 2. The summed E-state index contributed by atoms with van der Waals surface area (Å²) in [6.45, 7) is 5.96. The van der Waals surface area contributed by atoms with E-state index in [4.69, 9.17) is 4.74 Å². The van der Waals surface area contributed by atoms with Crippen LogP contribution in [0.2, 0.25) is 0 Å². The molecule has 1 aliphatic rings. The van der Waals surface area contributed by atoms with Gasteiger partial charge < -0.3 is 19.9 Å². The van der Waals surface area contributed by atoms with E-state index in [2.05, 4.69) is 5.32 Å². The van der Waals surface area contributed by atoms with Crippen molar-refractivity contribution in [1.82, 2.24) is 9.80 Å². The predicted octanol–water partition coefficient (Wildman–Crippen LogP) is 5.87. The molecule has 1 fully saturated rings. The summed E-state index contributed by atoms with van der Waals surface area (Å²) >= 11 is 1.90. The van der Waals surface area contributed by atoms with Crippen LogP contribution in [0, 0.1) is 21.0 Å². The molecule has 1 saturated heterocycles. The van der Waals surface area contributed by atoms with Crippen molar-refractivity contribution in [2.24, 2.45) is 0 Å². The number of rotatable bonds is 6. The molecule has 0 unspecified atom stereocenters. The average Bonchev–Trinajstić information content (AvgIpc) is 2.73. The van der Waals surface area contributed by atoms with Crippen molar-refractivity contribution in [3.05, 3.63) is 56.9 Å². The Morgan fingerprint density at radius 2 is 1.80 bits per heavy atom. The first-order chi connectivity index (χ1) is 16.2. The second-order valence-electron chi connectivity index (χ2n) is 9.34. The number of anilines is 2. The number of halogens is 5. The quantitative estimate of drug-likeness (QED) is 0.330. The van der Waals surface area contributed by atoms with E-state index in [9.17, 15) is 22.8 Å². The Balaban J connectivity index is 1.76. The molecule has 0 spiro atoms. The SMILES string of the molecule is CCN(CC1(F)CN(C(=O)c2ccc(F)c(F)c2Nc2ccc(I)cc2F)C1)C(=O)OC(C)(C)C. The van der Waals surface area contributed by atoms with Crippen LogP contribution in [0.4, 0.5) is 33.7 Å². The van der Waals surface area contributed by atoms with Crippen molar-refractivity contribution in [1.29, 1.82) is 0 Å². The molecule has 1 N–H and O–H groups in total. The van der Waals surface area contributed by atoms with Gasteiger partial charge in [0.25, 0.3) is 5.91 Å². The van der Waals surface area contributed by atoms with E-state index >= 15 is 4.39 Å². The summed E-state index contributed by atoms with van der Waals surface area (Å²) in [7, 11) is 0. The molecule has 3 rings (SSSR count). The third kappa shape index (κ3) is 6.36. The lowest BCUT2D eigenvalue weighted by Crippen LogP contribution is -2.65. The van der Waals surface area contributed by atoms with Gasteiger partial charge in [0, 0.05) is 10.1 Å². The minimum Gasteiger partial charge on any atom is -0.444 e. The number of hydrogen-bond donors (Lipinski definition) is 1. The molecule has 2 aromatic carbocycles. The van der Waals surface area contributed by atoms with E-state index in [1.807, 2.05) is 22.6 Å². The van der Waals surface area contributed by atoms with E-state index in [1.54, 1.807) is 33.8 Å². The van der Waals surface area contributed by atoms with Crippen molar-refractivity contribution in [3.63, 3.8) is 0 Å². The number of nitrogens with one attached hydrogen (secondary N) is 1. The zero-order chi connectivity index (χ0) is 26.1. The summed E-state index contributed by atoms with van der Waals surface area (Å²) in [5.41, 5.74) is -3.61. The van der Waals surface area contributed by atoms with Gasteiger partial charge in [-0.15, -0.1) is 0 Å². The first-order valence-electron chi connectivity index (χ1n) is 10.9. The highest BCUT2D eigenvalue weighted by atomic mass is 127. The molecule has 35 heavy (non-hydrogen) atoms. The highest BCUT2D eigenvalue weighted by molar-refractivity contribution is 14.1. The van der Waals surface area contributed by atoms with Gasteiger partial charge in [-0.05, 0) is 80.6 Å². The highest BCUT2D eigenvalue weighted by Crippen LogP contribution is 2.33. The van der Waals surface area contributed by atoms with Gasteiger partial charge in [0.05, 0.1) is 36.6 Å². The summed E-state index contributed by atoms with van der Waals surface area (Å²) in [5, 5.41) is 2.46. The molecular formula is C24H26F4IN3O3. The third-order valence-electron chi connectivity index (χ3n) is 5.26. The number of nitrogens with zero attached hydrogens (tertiary/aromatic N) is 2. The van der Waals surface area contributed by atoms with Crippen LogP contribution in [0.15, 0.2) is 30.3 Å². The lowest BCUT2D eigenvalue weighted by Gasteiger charge is -2.46. The fourth-order valence-corrected chi connectivity index (χ4v) is 4.06. The second kappa shape index (κ2) is 10.2. The fraction of sp³-hybridized carbons (Fsp3) is 0.417. The van der Waals surface area contributed by atoms with E-state index in [0.717, 1.165) is 17.0 Å². The van der Waals surface area contributed by atoms with Gasteiger partial charge in [-0.3, -0.25) is 4.79 Å². The minimum atomic E-state index is -1.89. The summed E-state index contributed by atoms with van der Waals surface area (Å²) < 4.78 is 64.0. The number of ether oxygens (including phenoxy) is 1. The molecule has 0 bridgehead atoms. The van der Waals surface area contributed by atoms with Crippen molar-refractivity contribution in [2.75, 3.05) is 31.5 Å².